The van der Waals surface area contributed by atoms with E-state index in [0.717, 1.165) is 61.4 Å². The van der Waals surface area contributed by atoms with Crippen LogP contribution in [0.25, 0.3) is 0 Å². The van der Waals surface area contributed by atoms with E-state index in [0.29, 0.717) is 56.7 Å². The van der Waals surface area contributed by atoms with Crippen LogP contribution in [0.2, 0.25) is 0 Å². The van der Waals surface area contributed by atoms with Crippen LogP contribution in [0.15, 0.2) is 53.7 Å². The topological polar surface area (TPSA) is 133 Å². The molecule has 9 heterocycles. The Morgan fingerprint density at radius 2 is 1.78 bits per heavy atom. The van der Waals surface area contributed by atoms with Gasteiger partial charge >= 0.3 is 11.9 Å². The summed E-state index contributed by atoms with van der Waals surface area (Å²) in [6.07, 6.45) is 3.48. The monoisotopic (exact) mass is 748 g/mol. The Morgan fingerprint density at radius 1 is 0.945 bits per heavy atom. The van der Waals surface area contributed by atoms with Crippen molar-refractivity contribution in [3.8, 4) is 5.75 Å². The van der Waals surface area contributed by atoms with Crippen LogP contribution in [0.4, 0.5) is 11.4 Å². The highest BCUT2D eigenvalue weighted by molar-refractivity contribution is 5.93. The summed E-state index contributed by atoms with van der Waals surface area (Å²) < 4.78 is 25.1. The van der Waals surface area contributed by atoms with Crippen LogP contribution in [-0.2, 0) is 34.6 Å². The molecule has 2 aromatic rings. The van der Waals surface area contributed by atoms with Crippen LogP contribution in [0.3, 0.4) is 0 Å². The van der Waals surface area contributed by atoms with Gasteiger partial charge in [-0.2, -0.15) is 0 Å². The Balaban J connectivity index is 1.04. The summed E-state index contributed by atoms with van der Waals surface area (Å²) in [5.74, 6) is -0.0572. The number of fused-ring (bicyclic) bond motifs is 4. The van der Waals surface area contributed by atoms with Crippen LogP contribution in [0, 0.1) is 22.2 Å². The second-order valence-electron chi connectivity index (χ2n) is 19.0. The van der Waals surface area contributed by atoms with Crippen molar-refractivity contribution in [1.82, 2.24) is 9.80 Å². The van der Waals surface area contributed by atoms with Crippen LogP contribution in [0.5, 0.6) is 5.75 Å². The van der Waals surface area contributed by atoms with E-state index in [2.05, 4.69) is 44.3 Å². The van der Waals surface area contributed by atoms with Crippen molar-refractivity contribution in [2.75, 3.05) is 57.2 Å². The number of methoxy groups -OCH3 is 2. The van der Waals surface area contributed by atoms with Crippen LogP contribution in [0.1, 0.15) is 62.5 Å². The van der Waals surface area contributed by atoms with Crippen molar-refractivity contribution in [2.24, 2.45) is 22.2 Å². The number of carbonyl (C=O) groups is 2. The summed E-state index contributed by atoms with van der Waals surface area (Å²) in [6.45, 7) is 3.22. The van der Waals surface area contributed by atoms with Gasteiger partial charge in [0.2, 0.25) is 0 Å². The van der Waals surface area contributed by atoms with Gasteiger partial charge in [-0.1, -0.05) is 30.3 Å². The molecule has 11 aliphatic rings. The van der Waals surface area contributed by atoms with E-state index >= 15 is 0 Å². The fourth-order valence-corrected chi connectivity index (χ4v) is 16.6. The van der Waals surface area contributed by atoms with Gasteiger partial charge in [0.15, 0.2) is 5.72 Å². The number of nitrogens with zero attached hydrogens (tertiary/aromatic N) is 3. The van der Waals surface area contributed by atoms with Crippen LogP contribution >= 0.6 is 0 Å². The Kier molecular flexibility index (Phi) is 5.82. The summed E-state index contributed by atoms with van der Waals surface area (Å²) in [5.41, 5.74) is 1.43. The number of rotatable bonds is 2. The van der Waals surface area contributed by atoms with E-state index in [1.54, 1.807) is 7.11 Å². The average Bonchev–Trinajstić information content (AvgIpc) is 4.04. The molecule has 0 aromatic heterocycles. The van der Waals surface area contributed by atoms with Gasteiger partial charge in [-0.15, -0.1) is 0 Å². The number of hydrogen-bond donors (Lipinski definition) is 3. The lowest BCUT2D eigenvalue weighted by molar-refractivity contribution is -0.276. The number of anilines is 2. The first-order valence-corrected chi connectivity index (χ1v) is 20.5. The van der Waals surface area contributed by atoms with Gasteiger partial charge in [-0.05, 0) is 74.8 Å². The van der Waals surface area contributed by atoms with Gasteiger partial charge < -0.3 is 39.4 Å². The molecule has 9 aliphatic heterocycles. The maximum Gasteiger partial charge on any atom is 0.335 e. The molecule has 0 radical (unpaired) electrons. The third-order valence-electron chi connectivity index (χ3n) is 17.7. The Bertz CT molecular complexity index is 2180. The number of aliphatic hydroxyl groups is 2. The number of hydrogen-bond acceptors (Lipinski definition) is 12. The predicted octanol–water partition coefficient (Wildman–Crippen LogP) is 3.01. The average molecular weight is 749 g/mol. The zero-order chi connectivity index (χ0) is 37.1. The van der Waals surface area contributed by atoms with Gasteiger partial charge in [0, 0.05) is 66.5 Å². The van der Waals surface area contributed by atoms with Gasteiger partial charge in [0.1, 0.15) is 18.1 Å². The molecule has 13 rings (SSSR count). The number of aliphatic hydroxyl groups excluding tert-OH is 1. The van der Waals surface area contributed by atoms with Gasteiger partial charge in [-0.25, -0.2) is 4.79 Å². The number of piperidine rings is 3. The van der Waals surface area contributed by atoms with Crippen molar-refractivity contribution < 1.29 is 38.7 Å². The lowest BCUT2D eigenvalue weighted by Crippen LogP contribution is -2.82. The minimum atomic E-state index is -1.28. The minimum absolute atomic E-state index is 0.0658. The molecule has 55 heavy (non-hydrogen) atoms. The summed E-state index contributed by atoms with van der Waals surface area (Å²) in [5, 5.41) is 31.1. The molecule has 0 amide bonds. The summed E-state index contributed by atoms with van der Waals surface area (Å²) in [6, 6.07) is 14.4. The second-order valence-corrected chi connectivity index (χ2v) is 19.0. The van der Waals surface area contributed by atoms with Gasteiger partial charge in [0.25, 0.3) is 0 Å². The molecule has 12 heteroatoms. The molecule has 7 saturated heterocycles. The molecule has 2 aliphatic carbocycles. The molecule has 12 nitrogen and oxygen atoms in total. The van der Waals surface area contributed by atoms with Crippen LogP contribution < -0.4 is 15.0 Å². The maximum absolute atomic E-state index is 14.0. The molecule has 8 fully saturated rings. The summed E-state index contributed by atoms with van der Waals surface area (Å²) in [4.78, 5) is 34.6. The van der Waals surface area contributed by atoms with E-state index in [1.165, 1.54) is 12.7 Å². The van der Waals surface area contributed by atoms with Gasteiger partial charge in [0.05, 0.1) is 54.2 Å². The zero-order valence-electron chi connectivity index (χ0n) is 31.4. The number of para-hydroxylation sites is 2. The standard InChI is InChI=1S/C43H48N4O8/c1-52-28-9-5-7-26-31(28)47-22-40(19-23-18-39-21-30(48)55-29(39)10-14-45-15-12-42(26,35(39)45)43(23,47)51)36-38(13-17-54-36)20-24(33(49)53-2)32-41(11-16-46(34(38)41)37(40)50)25-6-3-4-8-27(25)44-32/h3-9,23,29,34-37,44,50-51H,10-22H2,1-2H3/t23-,29-,34-,35-,36+,37+,38-,39-,40-,41-,42+,43+/m0/s1. The van der Waals surface area contributed by atoms with E-state index in [9.17, 15) is 19.8 Å². The Labute approximate surface area is 319 Å². The Hall–Kier alpha value is -3.68. The largest absolute Gasteiger partial charge is 0.495 e. The first-order valence-electron chi connectivity index (χ1n) is 20.5. The SMILES string of the molecule is COC(=O)C1=C2Nc3ccccc3[C@@]23CCN2[C@H](O)[C@]4(C[C@@H]5C[C@]67CC(=O)O[C@H]6CCN6CC[C@@]8(c9cccc(OC)c9N(C4)[C@@]58O)[C@@H]67)[C@@H]4OCC[C@]4(C1)[C@H]23. The van der Waals surface area contributed by atoms with E-state index in [-0.39, 0.29) is 36.0 Å². The smallest absolute Gasteiger partial charge is 0.335 e. The highest BCUT2D eigenvalue weighted by Gasteiger charge is 2.85. The number of nitrogens with one attached hydrogen (secondary N) is 1. The molecule has 12 atom stereocenters. The molecule has 3 N–H and O–H groups in total. The van der Waals surface area contributed by atoms with Crippen molar-refractivity contribution in [2.45, 2.75) is 98.4 Å². The van der Waals surface area contributed by atoms with Crippen molar-refractivity contribution >= 4 is 23.3 Å². The first kappa shape index (κ1) is 32.4. The third kappa shape index (κ3) is 3.14. The van der Waals surface area contributed by atoms with Crippen LogP contribution in [-0.4, -0.2) is 115 Å². The quantitative estimate of drug-likeness (QED) is 0.391. The molecule has 1 saturated carbocycles. The lowest BCUT2D eigenvalue weighted by atomic mass is 9.43. The number of esters is 2. The molecular weight excluding hydrogens is 700 g/mol. The summed E-state index contributed by atoms with van der Waals surface area (Å²) >= 11 is 0. The maximum atomic E-state index is 14.0. The number of ether oxygens (including phenoxy) is 4. The van der Waals surface area contributed by atoms with E-state index in [4.69, 9.17) is 18.9 Å². The Morgan fingerprint density at radius 3 is 2.64 bits per heavy atom. The molecule has 5 spiro atoms. The van der Waals surface area contributed by atoms with E-state index < -0.39 is 45.1 Å². The molecule has 2 aromatic carbocycles. The zero-order valence-corrected chi connectivity index (χ0v) is 31.4. The van der Waals surface area contributed by atoms with Crippen molar-refractivity contribution in [1.29, 1.82) is 0 Å². The minimum Gasteiger partial charge on any atom is -0.495 e. The van der Waals surface area contributed by atoms with Crippen molar-refractivity contribution in [3.63, 3.8) is 0 Å². The second kappa shape index (κ2) is 9.88. The summed E-state index contributed by atoms with van der Waals surface area (Å²) in [7, 11) is 3.17. The molecule has 0 unspecified atom stereocenters. The fourth-order valence-electron chi connectivity index (χ4n) is 16.6. The predicted molar refractivity (Wildman–Crippen MR) is 197 cm³/mol. The highest BCUT2D eigenvalue weighted by Crippen LogP contribution is 2.78. The molecule has 288 valence electrons. The first-order chi connectivity index (χ1) is 26.6. The third-order valence-corrected chi connectivity index (χ3v) is 17.7. The van der Waals surface area contributed by atoms with Gasteiger partial charge in [-0.3, -0.25) is 14.6 Å². The number of carbonyl (C=O) groups excluding carboxylic acids is 2. The highest BCUT2D eigenvalue weighted by atomic mass is 16.6. The lowest BCUT2D eigenvalue weighted by Gasteiger charge is -2.71. The fraction of sp³-hybridized carbons (Fsp3) is 0.628. The van der Waals surface area contributed by atoms with Crippen molar-refractivity contribution in [3.05, 3.63) is 64.9 Å². The molecule has 0 bridgehead atoms. The normalized spacial score (nSPS) is 47.6. The van der Waals surface area contributed by atoms with E-state index in [1.807, 2.05) is 18.2 Å². The molecular formula is C43H48N4O8. The number of benzene rings is 2.